The molecule has 1 aliphatic rings. The highest BCUT2D eigenvalue weighted by molar-refractivity contribution is 5.80. The lowest BCUT2D eigenvalue weighted by atomic mass is 10.1. The topological polar surface area (TPSA) is 92.0 Å². The predicted octanol–water partition coefficient (Wildman–Crippen LogP) is 2.28. The Labute approximate surface area is 199 Å². The van der Waals surface area contributed by atoms with Crippen LogP contribution in [0.3, 0.4) is 0 Å². The van der Waals surface area contributed by atoms with Gasteiger partial charge in [-0.3, -0.25) is 18.7 Å². The first kappa shape index (κ1) is 24.2. The van der Waals surface area contributed by atoms with Gasteiger partial charge in [-0.25, -0.2) is 13.6 Å². The lowest BCUT2D eigenvalue weighted by Gasteiger charge is -2.20. The molecule has 1 atom stereocenters. The van der Waals surface area contributed by atoms with Crippen molar-refractivity contribution in [1.82, 2.24) is 14.0 Å². The van der Waals surface area contributed by atoms with Crippen LogP contribution in [0.15, 0.2) is 46.0 Å². The monoisotopic (exact) mass is 489 g/mol. The molecule has 3 aromatic rings. The number of carbonyl (C=O) groups excluding carboxylic acids is 1. The summed E-state index contributed by atoms with van der Waals surface area (Å²) in [6.45, 7) is -0.0781. The molecular formula is C24H25F2N3O6. The van der Waals surface area contributed by atoms with Crippen molar-refractivity contribution < 1.29 is 27.8 Å². The zero-order valence-corrected chi connectivity index (χ0v) is 19.3. The van der Waals surface area contributed by atoms with Gasteiger partial charge < -0.3 is 19.1 Å². The number of carbonyl (C=O) groups is 1. The highest BCUT2D eigenvalue weighted by Gasteiger charge is 2.27. The summed E-state index contributed by atoms with van der Waals surface area (Å²) in [4.78, 5) is 39.9. The first-order valence-electron chi connectivity index (χ1n) is 11.0. The van der Waals surface area contributed by atoms with Crippen LogP contribution in [0.2, 0.25) is 0 Å². The van der Waals surface area contributed by atoms with Crippen LogP contribution in [-0.4, -0.2) is 60.8 Å². The third-order valence-corrected chi connectivity index (χ3v) is 6.01. The number of aromatic nitrogens is 2. The van der Waals surface area contributed by atoms with Crippen LogP contribution in [0.1, 0.15) is 18.0 Å². The first-order chi connectivity index (χ1) is 16.9. The molecule has 1 fully saturated rings. The standard InChI is InChI=1S/C24H25F2N3O6/c1-33-20-6-3-15(9-21(20)34-2)11-28-23(31)18-10-17(35-13-22(25)26)4-5-19(18)29(24(28)32)16-7-8-27(12-16)14-30/h3-6,9-10,14,16,22H,7-8,11-13H2,1-2H3. The summed E-state index contributed by atoms with van der Waals surface area (Å²) in [5, 5.41) is 0.154. The van der Waals surface area contributed by atoms with Crippen molar-refractivity contribution in [3.05, 3.63) is 62.8 Å². The van der Waals surface area contributed by atoms with E-state index in [4.69, 9.17) is 14.2 Å². The summed E-state index contributed by atoms with van der Waals surface area (Å²) in [5.74, 6) is 1.04. The Kier molecular flexibility index (Phi) is 7.04. The molecule has 186 valence electrons. The Balaban J connectivity index is 1.86. The molecule has 0 N–H and O–H groups in total. The maximum atomic E-state index is 13.6. The van der Waals surface area contributed by atoms with E-state index in [0.29, 0.717) is 42.1 Å². The highest BCUT2D eigenvalue weighted by Crippen LogP contribution is 2.28. The molecule has 0 bridgehead atoms. The maximum Gasteiger partial charge on any atom is 0.332 e. The van der Waals surface area contributed by atoms with Crippen molar-refractivity contribution in [3.8, 4) is 17.2 Å². The Bertz CT molecular complexity index is 1350. The fraction of sp³-hybridized carbons (Fsp3) is 0.375. The third kappa shape index (κ3) is 4.84. The van der Waals surface area contributed by atoms with Crippen LogP contribution < -0.4 is 25.5 Å². The van der Waals surface area contributed by atoms with E-state index in [0.717, 1.165) is 11.0 Å². The molecule has 1 aliphatic heterocycles. The number of fused-ring (bicyclic) bond motifs is 1. The van der Waals surface area contributed by atoms with E-state index in [2.05, 4.69) is 0 Å². The molecule has 0 spiro atoms. The summed E-state index contributed by atoms with van der Waals surface area (Å²) >= 11 is 0. The number of nitrogens with zero attached hydrogens (tertiary/aromatic N) is 3. The fourth-order valence-corrected chi connectivity index (χ4v) is 4.34. The van der Waals surface area contributed by atoms with Gasteiger partial charge in [0.25, 0.3) is 12.0 Å². The average Bonchev–Trinajstić information content (AvgIpc) is 3.34. The number of hydrogen-bond acceptors (Lipinski definition) is 6. The van der Waals surface area contributed by atoms with Crippen LogP contribution in [-0.2, 0) is 11.3 Å². The molecule has 0 saturated carbocycles. The number of benzene rings is 2. The molecule has 2 heterocycles. The Morgan fingerprint density at radius 3 is 2.51 bits per heavy atom. The third-order valence-electron chi connectivity index (χ3n) is 6.01. The van der Waals surface area contributed by atoms with Crippen LogP contribution in [0.5, 0.6) is 17.2 Å². The summed E-state index contributed by atoms with van der Waals surface area (Å²) in [7, 11) is 2.98. The number of alkyl halides is 2. The van der Waals surface area contributed by atoms with Crippen molar-refractivity contribution in [2.45, 2.75) is 25.4 Å². The number of halogens is 2. The SMILES string of the molecule is COc1ccc(Cn2c(=O)c3cc(OCC(F)F)ccc3n(C3CCN(C=O)C3)c2=O)cc1OC. The van der Waals surface area contributed by atoms with Gasteiger partial charge in [0.15, 0.2) is 11.5 Å². The number of ether oxygens (including phenoxy) is 3. The van der Waals surface area contributed by atoms with Gasteiger partial charge in [-0.2, -0.15) is 0 Å². The number of hydrogen-bond donors (Lipinski definition) is 0. The lowest BCUT2D eigenvalue weighted by molar-refractivity contribution is -0.117. The van der Waals surface area contributed by atoms with Crippen molar-refractivity contribution >= 4 is 17.3 Å². The van der Waals surface area contributed by atoms with Crippen LogP contribution in [0, 0.1) is 0 Å². The van der Waals surface area contributed by atoms with E-state index in [1.54, 1.807) is 23.1 Å². The molecule has 1 saturated heterocycles. The predicted molar refractivity (Wildman–Crippen MR) is 124 cm³/mol. The zero-order chi connectivity index (χ0) is 25.1. The Morgan fingerprint density at radius 1 is 1.09 bits per heavy atom. The van der Waals surface area contributed by atoms with Gasteiger partial charge in [-0.05, 0) is 42.3 Å². The van der Waals surface area contributed by atoms with Crippen molar-refractivity contribution in [2.24, 2.45) is 0 Å². The van der Waals surface area contributed by atoms with Gasteiger partial charge in [0.05, 0.1) is 37.7 Å². The fourth-order valence-electron chi connectivity index (χ4n) is 4.34. The molecule has 1 aromatic heterocycles. The van der Waals surface area contributed by atoms with Gasteiger partial charge in [-0.15, -0.1) is 0 Å². The van der Waals surface area contributed by atoms with Gasteiger partial charge >= 0.3 is 5.69 Å². The molecule has 1 unspecified atom stereocenters. The number of likely N-dealkylation sites (tertiary alicyclic amines) is 1. The average molecular weight is 489 g/mol. The van der Waals surface area contributed by atoms with Crippen LogP contribution in [0.25, 0.3) is 10.9 Å². The van der Waals surface area contributed by atoms with Crippen LogP contribution in [0.4, 0.5) is 8.78 Å². The molecule has 0 radical (unpaired) electrons. The lowest BCUT2D eigenvalue weighted by Crippen LogP contribution is -2.42. The van der Waals surface area contributed by atoms with E-state index >= 15 is 0 Å². The summed E-state index contributed by atoms with van der Waals surface area (Å²) in [5.41, 5.74) is -0.135. The van der Waals surface area contributed by atoms with Gasteiger partial charge in [0, 0.05) is 13.1 Å². The van der Waals surface area contributed by atoms with Gasteiger partial charge in [-0.1, -0.05) is 6.07 Å². The second-order valence-electron chi connectivity index (χ2n) is 8.16. The highest BCUT2D eigenvalue weighted by atomic mass is 19.3. The molecule has 4 rings (SSSR count). The van der Waals surface area contributed by atoms with E-state index < -0.39 is 24.3 Å². The normalized spacial score (nSPS) is 15.6. The van der Waals surface area contributed by atoms with Gasteiger partial charge in [0.2, 0.25) is 6.41 Å². The summed E-state index contributed by atoms with van der Waals surface area (Å²) in [6, 6.07) is 9.05. The smallest absolute Gasteiger partial charge is 0.332 e. The van der Waals surface area contributed by atoms with Crippen LogP contribution >= 0.6 is 0 Å². The van der Waals surface area contributed by atoms with E-state index in [-0.39, 0.29) is 23.7 Å². The zero-order valence-electron chi connectivity index (χ0n) is 19.3. The molecule has 2 aromatic carbocycles. The van der Waals surface area contributed by atoms with Crippen molar-refractivity contribution in [2.75, 3.05) is 33.9 Å². The second kappa shape index (κ2) is 10.2. The maximum absolute atomic E-state index is 13.6. The summed E-state index contributed by atoms with van der Waals surface area (Å²) in [6.07, 6.45) is -1.41. The minimum absolute atomic E-state index is 0.0554. The van der Waals surface area contributed by atoms with E-state index in [1.165, 1.54) is 37.0 Å². The van der Waals surface area contributed by atoms with E-state index in [9.17, 15) is 23.2 Å². The minimum Gasteiger partial charge on any atom is -0.493 e. The molecule has 1 amide bonds. The molecular weight excluding hydrogens is 464 g/mol. The molecule has 11 heteroatoms. The molecule has 35 heavy (non-hydrogen) atoms. The Morgan fingerprint density at radius 2 is 1.86 bits per heavy atom. The second-order valence-corrected chi connectivity index (χ2v) is 8.16. The quantitative estimate of drug-likeness (QED) is 0.429. The molecule has 9 nitrogen and oxygen atoms in total. The largest absolute Gasteiger partial charge is 0.493 e. The van der Waals surface area contributed by atoms with Crippen molar-refractivity contribution in [3.63, 3.8) is 0 Å². The molecule has 0 aliphatic carbocycles. The summed E-state index contributed by atoms with van der Waals surface area (Å²) < 4.78 is 43.5. The first-order valence-corrected chi connectivity index (χ1v) is 11.0. The number of methoxy groups -OCH3 is 2. The van der Waals surface area contributed by atoms with Gasteiger partial charge in [0.1, 0.15) is 12.4 Å². The number of amides is 1. The van der Waals surface area contributed by atoms with E-state index in [1.807, 2.05) is 0 Å². The minimum atomic E-state index is -2.67. The van der Waals surface area contributed by atoms with Crippen molar-refractivity contribution in [1.29, 1.82) is 0 Å². The number of rotatable bonds is 9. The Hall–Kier alpha value is -3.89.